The molecule has 1 amide bonds. The number of benzene rings is 1. The molecule has 0 spiro atoms. The number of piperazine rings is 1. The van der Waals surface area contributed by atoms with E-state index in [1.54, 1.807) is 11.3 Å². The fourth-order valence-corrected chi connectivity index (χ4v) is 5.82. The molecule has 32 heavy (non-hydrogen) atoms. The van der Waals surface area contributed by atoms with Crippen molar-refractivity contribution >= 4 is 39.8 Å². The summed E-state index contributed by atoms with van der Waals surface area (Å²) in [6, 6.07) is 7.96. The fraction of sp³-hybridized carbons (Fsp3) is 0.500. The molecule has 1 aliphatic carbocycles. The molecule has 2 aromatic rings. The number of hydrogen-bond acceptors (Lipinski definition) is 6. The number of thiophene rings is 1. The summed E-state index contributed by atoms with van der Waals surface area (Å²) in [5.74, 6) is -0.390. The number of anilines is 1. The van der Waals surface area contributed by atoms with E-state index in [4.69, 9.17) is 16.3 Å². The van der Waals surface area contributed by atoms with Gasteiger partial charge in [0.15, 0.2) is 0 Å². The van der Waals surface area contributed by atoms with Crippen LogP contribution in [0.25, 0.3) is 0 Å². The van der Waals surface area contributed by atoms with Crippen molar-refractivity contribution in [3.8, 4) is 0 Å². The Balaban J connectivity index is 1.32. The highest BCUT2D eigenvalue weighted by Gasteiger charge is 2.28. The number of fused-ring (bicyclic) bond motifs is 1. The third kappa shape index (κ3) is 5.70. The van der Waals surface area contributed by atoms with Crippen molar-refractivity contribution in [3.05, 3.63) is 50.9 Å². The summed E-state index contributed by atoms with van der Waals surface area (Å²) in [5, 5.41) is 4.43. The summed E-state index contributed by atoms with van der Waals surface area (Å²) in [6.07, 6.45) is 4.05. The van der Waals surface area contributed by atoms with Gasteiger partial charge in [-0.05, 0) is 55.9 Å². The van der Waals surface area contributed by atoms with E-state index in [0.717, 1.165) is 69.0 Å². The Morgan fingerprint density at radius 3 is 2.47 bits per heavy atom. The van der Waals surface area contributed by atoms with Crippen LogP contribution in [-0.2, 0) is 28.9 Å². The summed E-state index contributed by atoms with van der Waals surface area (Å²) in [4.78, 5) is 31.2. The molecule has 0 radical (unpaired) electrons. The number of carbonyl (C=O) groups is 2. The number of carbonyl (C=O) groups excluding carboxylic acids is 2. The number of halogens is 1. The molecule has 1 saturated heterocycles. The highest BCUT2D eigenvalue weighted by atomic mass is 35.5. The topological polar surface area (TPSA) is 61.9 Å². The lowest BCUT2D eigenvalue weighted by Gasteiger charge is -2.34. The van der Waals surface area contributed by atoms with Gasteiger partial charge in [0.25, 0.3) is 0 Å². The number of amides is 1. The Kier molecular flexibility index (Phi) is 7.84. The molecule has 4 rings (SSSR count). The molecule has 1 N–H and O–H groups in total. The zero-order chi connectivity index (χ0) is 22.5. The van der Waals surface area contributed by atoms with Crippen LogP contribution in [0.4, 0.5) is 5.00 Å². The Morgan fingerprint density at radius 2 is 1.75 bits per heavy atom. The summed E-state index contributed by atoms with van der Waals surface area (Å²) in [7, 11) is 0. The Labute approximate surface area is 198 Å². The van der Waals surface area contributed by atoms with Gasteiger partial charge in [0, 0.05) is 42.6 Å². The van der Waals surface area contributed by atoms with E-state index < -0.39 is 0 Å². The van der Waals surface area contributed by atoms with E-state index in [9.17, 15) is 9.59 Å². The van der Waals surface area contributed by atoms with Crippen molar-refractivity contribution in [2.75, 3.05) is 44.6 Å². The molecular weight excluding hydrogens is 446 g/mol. The highest BCUT2D eigenvalue weighted by Crippen LogP contribution is 2.38. The zero-order valence-corrected chi connectivity index (χ0v) is 20.1. The van der Waals surface area contributed by atoms with Gasteiger partial charge in [0.05, 0.1) is 18.7 Å². The van der Waals surface area contributed by atoms with Gasteiger partial charge in [-0.2, -0.15) is 0 Å². The van der Waals surface area contributed by atoms with Crippen LogP contribution in [0.5, 0.6) is 0 Å². The van der Waals surface area contributed by atoms with Gasteiger partial charge in [-0.3, -0.25) is 14.6 Å². The van der Waals surface area contributed by atoms with Crippen LogP contribution in [-0.4, -0.2) is 61.0 Å². The van der Waals surface area contributed by atoms with E-state index in [1.165, 1.54) is 10.4 Å². The SMILES string of the molecule is CCOC(=O)c1c(NC(=O)CN2CCN(Cc3ccc(Cl)cc3)CC2)sc2c1CCCC2. The van der Waals surface area contributed by atoms with Crippen LogP contribution in [0.2, 0.25) is 5.02 Å². The summed E-state index contributed by atoms with van der Waals surface area (Å²) in [6.45, 7) is 6.87. The van der Waals surface area contributed by atoms with Gasteiger partial charge in [-0.1, -0.05) is 23.7 Å². The first-order chi connectivity index (χ1) is 15.5. The van der Waals surface area contributed by atoms with Crippen LogP contribution < -0.4 is 5.32 Å². The Hall–Kier alpha value is -1.93. The van der Waals surface area contributed by atoms with Gasteiger partial charge in [-0.15, -0.1) is 11.3 Å². The van der Waals surface area contributed by atoms with Crippen LogP contribution in [0, 0.1) is 0 Å². The lowest BCUT2D eigenvalue weighted by molar-refractivity contribution is -0.117. The van der Waals surface area contributed by atoms with Crippen molar-refractivity contribution in [1.82, 2.24) is 9.80 Å². The number of hydrogen-bond donors (Lipinski definition) is 1. The van der Waals surface area contributed by atoms with E-state index in [2.05, 4.69) is 27.2 Å². The smallest absolute Gasteiger partial charge is 0.341 e. The van der Waals surface area contributed by atoms with Crippen molar-refractivity contribution in [2.45, 2.75) is 39.2 Å². The molecule has 1 aromatic heterocycles. The molecule has 2 heterocycles. The lowest BCUT2D eigenvalue weighted by Crippen LogP contribution is -2.48. The fourth-order valence-electron chi connectivity index (χ4n) is 4.40. The normalized spacial score (nSPS) is 17.1. The monoisotopic (exact) mass is 475 g/mol. The van der Waals surface area contributed by atoms with Gasteiger partial charge < -0.3 is 10.1 Å². The van der Waals surface area contributed by atoms with E-state index in [0.29, 0.717) is 23.7 Å². The number of ether oxygens (including phenoxy) is 1. The molecule has 1 fully saturated rings. The zero-order valence-electron chi connectivity index (χ0n) is 18.5. The third-order valence-corrected chi connectivity index (χ3v) is 7.51. The maximum atomic E-state index is 12.8. The number of nitrogens with one attached hydrogen (secondary N) is 1. The second-order valence-electron chi connectivity index (χ2n) is 8.36. The molecule has 1 aliphatic heterocycles. The third-order valence-electron chi connectivity index (χ3n) is 6.06. The number of nitrogens with zero attached hydrogens (tertiary/aromatic N) is 2. The number of esters is 1. The average molecular weight is 476 g/mol. The van der Waals surface area contributed by atoms with Gasteiger partial charge in [0.1, 0.15) is 5.00 Å². The molecule has 2 aliphatic rings. The van der Waals surface area contributed by atoms with Gasteiger partial charge in [-0.25, -0.2) is 4.79 Å². The second kappa shape index (κ2) is 10.8. The standard InChI is InChI=1S/C24H30ClN3O3S/c1-2-31-24(30)22-19-5-3-4-6-20(19)32-23(22)26-21(29)16-28-13-11-27(12-14-28)15-17-7-9-18(25)10-8-17/h7-10H,2-6,11-16H2,1H3,(H,26,29). The molecule has 172 valence electrons. The summed E-state index contributed by atoms with van der Waals surface area (Å²) in [5.41, 5.74) is 2.90. The molecule has 1 aromatic carbocycles. The quantitative estimate of drug-likeness (QED) is 0.608. The average Bonchev–Trinajstić information content (AvgIpc) is 3.14. The first-order valence-electron chi connectivity index (χ1n) is 11.3. The first kappa shape index (κ1) is 23.2. The van der Waals surface area contributed by atoms with Crippen LogP contribution in [0.1, 0.15) is 46.1 Å². The predicted octanol–water partition coefficient (Wildman–Crippen LogP) is 4.21. The molecule has 8 heteroatoms. The van der Waals surface area contributed by atoms with Crippen LogP contribution >= 0.6 is 22.9 Å². The van der Waals surface area contributed by atoms with E-state index in [1.807, 2.05) is 19.1 Å². The minimum Gasteiger partial charge on any atom is -0.462 e. The maximum Gasteiger partial charge on any atom is 0.341 e. The second-order valence-corrected chi connectivity index (χ2v) is 9.90. The Bertz CT molecular complexity index is 952. The lowest BCUT2D eigenvalue weighted by atomic mass is 9.95. The van der Waals surface area contributed by atoms with Crippen molar-refractivity contribution in [2.24, 2.45) is 0 Å². The highest BCUT2D eigenvalue weighted by molar-refractivity contribution is 7.17. The van der Waals surface area contributed by atoms with E-state index in [-0.39, 0.29) is 11.9 Å². The molecule has 0 bridgehead atoms. The first-order valence-corrected chi connectivity index (χ1v) is 12.5. The van der Waals surface area contributed by atoms with Crippen molar-refractivity contribution in [3.63, 3.8) is 0 Å². The minimum atomic E-state index is -0.321. The van der Waals surface area contributed by atoms with Gasteiger partial charge in [0.2, 0.25) is 5.91 Å². The predicted molar refractivity (Wildman–Crippen MR) is 129 cm³/mol. The molecule has 0 unspecified atom stereocenters. The molecule has 0 saturated carbocycles. The van der Waals surface area contributed by atoms with Crippen LogP contribution in [0.3, 0.4) is 0 Å². The molecule has 6 nitrogen and oxygen atoms in total. The number of rotatable bonds is 7. The number of aryl methyl sites for hydroxylation is 1. The van der Waals surface area contributed by atoms with Crippen LogP contribution in [0.15, 0.2) is 24.3 Å². The minimum absolute atomic E-state index is 0.0692. The molecule has 0 atom stereocenters. The van der Waals surface area contributed by atoms with Gasteiger partial charge >= 0.3 is 5.97 Å². The molecular formula is C24H30ClN3O3S. The summed E-state index contributed by atoms with van der Waals surface area (Å²) < 4.78 is 5.28. The van der Waals surface area contributed by atoms with Crippen molar-refractivity contribution in [1.29, 1.82) is 0 Å². The van der Waals surface area contributed by atoms with E-state index >= 15 is 0 Å². The maximum absolute atomic E-state index is 12.8. The Morgan fingerprint density at radius 1 is 1.06 bits per heavy atom. The van der Waals surface area contributed by atoms with Crippen molar-refractivity contribution < 1.29 is 14.3 Å². The summed E-state index contributed by atoms with van der Waals surface area (Å²) >= 11 is 7.51. The largest absolute Gasteiger partial charge is 0.462 e.